The minimum atomic E-state index is -4.14. The second-order valence-electron chi connectivity index (χ2n) is 6.49. The van der Waals surface area contributed by atoms with Crippen molar-refractivity contribution in [3.8, 4) is 11.5 Å². The van der Waals surface area contributed by atoms with Crippen molar-refractivity contribution in [3.63, 3.8) is 0 Å². The Morgan fingerprint density at radius 3 is 2.50 bits per heavy atom. The maximum atomic E-state index is 13.4. The highest BCUT2D eigenvalue weighted by Gasteiger charge is 2.29. The Morgan fingerprint density at radius 1 is 1.12 bits per heavy atom. The molecule has 0 bridgehead atoms. The molecule has 3 rings (SSSR count). The van der Waals surface area contributed by atoms with Crippen molar-refractivity contribution in [2.45, 2.75) is 4.90 Å². The van der Waals surface area contributed by atoms with Crippen LogP contribution in [0.5, 0.6) is 11.5 Å². The molecular weight excluding hydrogens is 454 g/mol. The average Bonchev–Trinajstić information content (AvgIpc) is 2.79. The van der Waals surface area contributed by atoms with Gasteiger partial charge in [-0.05, 0) is 42.5 Å². The van der Waals surface area contributed by atoms with Crippen LogP contribution in [0.3, 0.4) is 0 Å². The summed E-state index contributed by atoms with van der Waals surface area (Å²) >= 11 is 6.09. The third-order valence-corrected chi connectivity index (χ3v) is 6.37. The highest BCUT2D eigenvalue weighted by Crippen LogP contribution is 2.34. The van der Waals surface area contributed by atoms with E-state index < -0.39 is 22.5 Å². The Bertz CT molecular complexity index is 1230. The minimum Gasteiger partial charge on any atom is -0.507 e. The van der Waals surface area contributed by atoms with E-state index in [-0.39, 0.29) is 27.1 Å². The number of para-hydroxylation sites is 1. The highest BCUT2D eigenvalue weighted by molar-refractivity contribution is 7.92. The zero-order valence-corrected chi connectivity index (χ0v) is 18.5. The molecule has 0 radical (unpaired) electrons. The van der Waals surface area contributed by atoms with Gasteiger partial charge in [0.25, 0.3) is 15.9 Å². The largest absolute Gasteiger partial charge is 0.507 e. The molecule has 0 unspecified atom stereocenters. The molecule has 2 N–H and O–H groups in total. The Labute approximate surface area is 190 Å². The number of amides is 1. The summed E-state index contributed by atoms with van der Waals surface area (Å²) in [7, 11) is -2.75. The van der Waals surface area contributed by atoms with E-state index in [1.165, 1.54) is 43.7 Å². The lowest BCUT2D eigenvalue weighted by molar-refractivity contribution is -0.119. The monoisotopic (exact) mass is 473 g/mol. The second-order valence-corrected chi connectivity index (χ2v) is 8.79. The van der Waals surface area contributed by atoms with Gasteiger partial charge in [-0.3, -0.25) is 9.10 Å². The Kier molecular flexibility index (Phi) is 7.34. The van der Waals surface area contributed by atoms with Gasteiger partial charge in [0.2, 0.25) is 0 Å². The molecule has 3 aromatic carbocycles. The quantitative estimate of drug-likeness (QED) is 0.385. The molecule has 32 heavy (non-hydrogen) atoms. The van der Waals surface area contributed by atoms with Gasteiger partial charge in [0, 0.05) is 10.6 Å². The first kappa shape index (κ1) is 23.1. The first-order valence-corrected chi connectivity index (χ1v) is 11.2. The number of rotatable bonds is 8. The summed E-state index contributed by atoms with van der Waals surface area (Å²) in [5, 5.41) is 13.8. The number of anilines is 1. The SMILES string of the molecule is COc1ccc(Cl)cc1N(CC(=O)NN=Cc1ccccc1O)S(=O)(=O)c1ccccc1. The van der Waals surface area contributed by atoms with Crippen molar-refractivity contribution >= 4 is 39.4 Å². The molecular formula is C22H20ClN3O5S. The smallest absolute Gasteiger partial charge is 0.264 e. The molecule has 0 aromatic heterocycles. The lowest BCUT2D eigenvalue weighted by atomic mass is 10.2. The zero-order chi connectivity index (χ0) is 23.1. The van der Waals surface area contributed by atoms with Gasteiger partial charge in [0.05, 0.1) is 23.9 Å². The molecule has 0 saturated carbocycles. The molecule has 3 aromatic rings. The maximum absolute atomic E-state index is 13.4. The lowest BCUT2D eigenvalue weighted by Gasteiger charge is -2.25. The molecule has 0 heterocycles. The van der Waals surface area contributed by atoms with Crippen LogP contribution in [0.2, 0.25) is 5.02 Å². The molecule has 0 atom stereocenters. The molecule has 1 amide bonds. The van der Waals surface area contributed by atoms with Crippen LogP contribution in [0.1, 0.15) is 5.56 Å². The summed E-state index contributed by atoms with van der Waals surface area (Å²) in [6.45, 7) is -0.591. The minimum absolute atomic E-state index is 0.00691. The molecule has 0 saturated heterocycles. The number of hydrogen-bond acceptors (Lipinski definition) is 6. The van der Waals surface area contributed by atoms with E-state index in [9.17, 15) is 18.3 Å². The number of nitrogens with zero attached hydrogens (tertiary/aromatic N) is 2. The number of halogens is 1. The van der Waals surface area contributed by atoms with Gasteiger partial charge >= 0.3 is 0 Å². The fraction of sp³-hybridized carbons (Fsp3) is 0.0909. The van der Waals surface area contributed by atoms with Gasteiger partial charge in [0.1, 0.15) is 18.0 Å². The van der Waals surface area contributed by atoms with E-state index in [2.05, 4.69) is 10.5 Å². The Morgan fingerprint density at radius 2 is 1.81 bits per heavy atom. The molecule has 0 fully saturated rings. The van der Waals surface area contributed by atoms with E-state index >= 15 is 0 Å². The molecule has 0 aliphatic heterocycles. The molecule has 10 heteroatoms. The third-order valence-electron chi connectivity index (χ3n) is 4.36. The number of phenols is 1. The van der Waals surface area contributed by atoms with Gasteiger partial charge in [-0.2, -0.15) is 5.10 Å². The zero-order valence-electron chi connectivity index (χ0n) is 17.0. The summed E-state index contributed by atoms with van der Waals surface area (Å²) in [5.41, 5.74) is 2.76. The van der Waals surface area contributed by atoms with Crippen molar-refractivity contribution in [1.82, 2.24) is 5.43 Å². The predicted octanol–water partition coefficient (Wildman–Crippen LogP) is 3.40. The van der Waals surface area contributed by atoms with Crippen LogP contribution in [0.25, 0.3) is 0 Å². The van der Waals surface area contributed by atoms with Crippen molar-refractivity contribution < 1.29 is 23.1 Å². The van der Waals surface area contributed by atoms with E-state index in [1.807, 2.05) is 0 Å². The summed E-state index contributed by atoms with van der Waals surface area (Å²) in [6, 6.07) is 18.6. The number of phenolic OH excluding ortho intramolecular Hbond substituents is 1. The third kappa shape index (κ3) is 5.37. The van der Waals surface area contributed by atoms with Crippen LogP contribution in [-0.4, -0.2) is 39.3 Å². The van der Waals surface area contributed by atoms with Crippen molar-refractivity contribution in [2.75, 3.05) is 18.0 Å². The summed E-state index contributed by atoms with van der Waals surface area (Å²) < 4.78 is 32.9. The van der Waals surface area contributed by atoms with Crippen LogP contribution in [0.4, 0.5) is 5.69 Å². The first-order chi connectivity index (χ1) is 15.3. The van der Waals surface area contributed by atoms with Gasteiger partial charge in [-0.15, -0.1) is 0 Å². The van der Waals surface area contributed by atoms with Crippen LogP contribution >= 0.6 is 11.6 Å². The van der Waals surface area contributed by atoms with Crippen molar-refractivity contribution in [2.24, 2.45) is 5.10 Å². The fourth-order valence-electron chi connectivity index (χ4n) is 2.81. The van der Waals surface area contributed by atoms with E-state index in [4.69, 9.17) is 16.3 Å². The van der Waals surface area contributed by atoms with Gasteiger partial charge in [-0.25, -0.2) is 13.8 Å². The van der Waals surface area contributed by atoms with Crippen LogP contribution in [0.15, 0.2) is 82.8 Å². The number of nitrogens with one attached hydrogen (secondary N) is 1. The van der Waals surface area contributed by atoms with Gasteiger partial charge in [-0.1, -0.05) is 41.9 Å². The topological polar surface area (TPSA) is 108 Å². The number of hydrazone groups is 1. The van der Waals surface area contributed by atoms with Crippen molar-refractivity contribution in [3.05, 3.63) is 83.4 Å². The highest BCUT2D eigenvalue weighted by atomic mass is 35.5. The van der Waals surface area contributed by atoms with E-state index in [1.54, 1.807) is 42.5 Å². The molecule has 0 aliphatic rings. The molecule has 166 valence electrons. The fourth-order valence-corrected chi connectivity index (χ4v) is 4.42. The number of carbonyl (C=O) groups is 1. The number of methoxy groups -OCH3 is 1. The number of carbonyl (C=O) groups excluding carboxylic acids is 1. The van der Waals surface area contributed by atoms with Gasteiger partial charge < -0.3 is 9.84 Å². The number of ether oxygens (including phenoxy) is 1. The van der Waals surface area contributed by atoms with Gasteiger partial charge in [0.15, 0.2) is 0 Å². The van der Waals surface area contributed by atoms with Crippen molar-refractivity contribution in [1.29, 1.82) is 0 Å². The predicted molar refractivity (Wildman–Crippen MR) is 123 cm³/mol. The summed E-state index contributed by atoms with van der Waals surface area (Å²) in [5.74, 6) is -0.500. The maximum Gasteiger partial charge on any atom is 0.264 e. The number of aromatic hydroxyl groups is 1. The van der Waals surface area contributed by atoms with Crippen LogP contribution in [0, 0.1) is 0 Å². The number of hydrogen-bond donors (Lipinski definition) is 2. The Balaban J connectivity index is 1.92. The van der Waals surface area contributed by atoms with E-state index in [0.717, 1.165) is 4.31 Å². The summed E-state index contributed by atoms with van der Waals surface area (Å²) in [4.78, 5) is 12.6. The van der Waals surface area contributed by atoms with Crippen LogP contribution < -0.4 is 14.5 Å². The first-order valence-electron chi connectivity index (χ1n) is 9.34. The Hall–Kier alpha value is -3.56. The molecule has 0 spiro atoms. The lowest BCUT2D eigenvalue weighted by Crippen LogP contribution is -2.39. The molecule has 8 nitrogen and oxygen atoms in total. The molecule has 0 aliphatic carbocycles. The van der Waals surface area contributed by atoms with Crippen LogP contribution in [-0.2, 0) is 14.8 Å². The standard InChI is InChI=1S/C22H20ClN3O5S/c1-31-21-12-11-17(23)13-19(21)26(32(29,30)18-8-3-2-4-9-18)15-22(28)25-24-14-16-7-5-6-10-20(16)27/h2-14,27H,15H2,1H3,(H,25,28). The van der Waals surface area contributed by atoms with E-state index in [0.29, 0.717) is 5.56 Å². The average molecular weight is 474 g/mol. The second kappa shape index (κ2) is 10.2. The number of benzene rings is 3. The summed E-state index contributed by atoms with van der Waals surface area (Å²) in [6.07, 6.45) is 1.25. The normalized spacial score (nSPS) is 11.3. The number of sulfonamides is 1.